The number of benzene rings is 4. The number of aliphatic carboxylic acids is 4. The van der Waals surface area contributed by atoms with Crippen LogP contribution in [0.2, 0.25) is 0 Å². The van der Waals surface area contributed by atoms with Crippen LogP contribution in [0.5, 0.6) is 0 Å². The number of carbonyl (C=O) groups is 4. The number of carboxylic acid groups (broad SMARTS) is 4. The van der Waals surface area contributed by atoms with E-state index in [0.717, 1.165) is 0 Å². The zero-order valence-corrected chi connectivity index (χ0v) is 27.8. The second kappa shape index (κ2) is 22.2. The molecule has 0 aliphatic carbocycles. The van der Waals surface area contributed by atoms with Gasteiger partial charge in [0, 0.05) is 37.9 Å². The minimum absolute atomic E-state index is 0. The molecule has 0 fully saturated rings. The van der Waals surface area contributed by atoms with Gasteiger partial charge in [0.15, 0.2) is 0 Å². The molecular formula is C34H36CrN2O10P+2. The van der Waals surface area contributed by atoms with Gasteiger partial charge in [0.25, 0.3) is 0 Å². The largest absolute Gasteiger partial charge is 5.00 e. The first-order valence-electron chi connectivity index (χ1n) is 14.1. The van der Waals surface area contributed by atoms with Crippen LogP contribution in [-0.2, 0) is 36.5 Å². The molecule has 2 atom stereocenters. The molecule has 48 heavy (non-hydrogen) atoms. The summed E-state index contributed by atoms with van der Waals surface area (Å²) in [6, 6.07) is 40.8. The van der Waals surface area contributed by atoms with E-state index < -0.39 is 56.1 Å². The average Bonchev–Trinajstić information content (AvgIpc) is 3.04. The van der Waals surface area contributed by atoms with E-state index in [-0.39, 0.29) is 41.4 Å². The molecular weight excluding hydrogens is 679 g/mol. The van der Waals surface area contributed by atoms with E-state index in [4.69, 9.17) is 0 Å². The Morgan fingerprint density at radius 1 is 0.479 bits per heavy atom. The molecule has 6 N–H and O–H groups in total. The van der Waals surface area contributed by atoms with Crippen molar-refractivity contribution in [3.63, 3.8) is 0 Å². The fourth-order valence-electron chi connectivity index (χ4n) is 4.80. The molecule has 0 aliphatic heterocycles. The van der Waals surface area contributed by atoms with Gasteiger partial charge in [-0.1, -0.05) is 72.8 Å². The summed E-state index contributed by atoms with van der Waals surface area (Å²) in [5.41, 5.74) is 0. The van der Waals surface area contributed by atoms with E-state index in [1.807, 2.05) is 0 Å². The minimum Gasteiger partial charge on any atom is -0.550 e. The zero-order chi connectivity index (χ0) is 32.7. The Labute approximate surface area is 289 Å². The zero-order valence-electron chi connectivity index (χ0n) is 25.7. The van der Waals surface area contributed by atoms with Crippen LogP contribution in [0, 0.1) is 0 Å². The number of hydrogen-bond donors (Lipinski definition) is 2. The molecule has 0 unspecified atom stereocenters. The van der Waals surface area contributed by atoms with E-state index >= 15 is 0 Å². The van der Waals surface area contributed by atoms with Gasteiger partial charge >= 0.3 is 17.4 Å². The Morgan fingerprint density at radius 2 is 0.708 bits per heavy atom. The quantitative estimate of drug-likeness (QED) is 0.0880. The van der Waals surface area contributed by atoms with Crippen LogP contribution in [0.1, 0.15) is 12.8 Å². The Balaban J connectivity index is 0.000000891. The Kier molecular flexibility index (Phi) is 20.1. The van der Waals surface area contributed by atoms with E-state index in [2.05, 4.69) is 132 Å². The van der Waals surface area contributed by atoms with E-state index in [1.165, 1.54) is 21.2 Å². The molecule has 0 aromatic heterocycles. The van der Waals surface area contributed by atoms with Crippen LogP contribution in [-0.4, -0.2) is 60.0 Å². The molecule has 251 valence electrons. The first-order valence-corrected chi connectivity index (χ1v) is 15.8. The predicted octanol–water partition coefficient (Wildman–Crippen LogP) is -4.66. The van der Waals surface area contributed by atoms with Gasteiger partial charge in [0.2, 0.25) is 0 Å². The minimum atomic E-state index is -1.91. The topological polar surface area (TPSA) is 248 Å². The van der Waals surface area contributed by atoms with E-state index in [1.54, 1.807) is 0 Å². The number of rotatable bonds is 15. The third-order valence-corrected chi connectivity index (χ3v) is 11.1. The van der Waals surface area contributed by atoms with Crippen molar-refractivity contribution in [2.75, 3.05) is 13.1 Å². The van der Waals surface area contributed by atoms with Gasteiger partial charge in [0.1, 0.15) is 28.5 Å². The summed E-state index contributed by atoms with van der Waals surface area (Å²) < 4.78 is 0. The number of nitrogens with one attached hydrogen (secondary N) is 2. The molecule has 0 aliphatic rings. The van der Waals surface area contributed by atoms with Crippen LogP contribution in [0.3, 0.4) is 0 Å². The molecule has 1 radical (unpaired) electrons. The summed E-state index contributed by atoms with van der Waals surface area (Å²) in [6.45, 7) is -0.272. The summed E-state index contributed by atoms with van der Waals surface area (Å²) in [5.74, 6) is -6.49. The normalized spacial score (nSPS) is 11.4. The second-order valence-electron chi connectivity index (χ2n) is 9.82. The molecule has 14 heteroatoms. The van der Waals surface area contributed by atoms with Crippen molar-refractivity contribution in [2.24, 2.45) is 0 Å². The number of carbonyl (C=O) groups excluding carboxylic acids is 4. The van der Waals surface area contributed by atoms with Crippen molar-refractivity contribution >= 4 is 52.4 Å². The maximum Gasteiger partial charge on any atom is 5.00 e. The molecule has 0 saturated heterocycles. The van der Waals surface area contributed by atoms with Gasteiger partial charge < -0.3 is 61.2 Å². The molecule has 12 nitrogen and oxygen atoms in total. The van der Waals surface area contributed by atoms with Crippen molar-refractivity contribution in [2.45, 2.75) is 24.9 Å². The Bertz CT molecular complexity index is 1340. The van der Waals surface area contributed by atoms with Crippen LogP contribution >= 0.6 is 7.26 Å². The molecule has 4 rings (SSSR count). The van der Waals surface area contributed by atoms with Gasteiger partial charge in [-0.25, -0.2) is 0 Å². The molecule has 4 aromatic carbocycles. The molecule has 0 heterocycles. The Hall–Kier alpha value is -4.44. The average molecular weight is 716 g/mol. The van der Waals surface area contributed by atoms with Crippen molar-refractivity contribution < 1.29 is 67.9 Å². The smallest absolute Gasteiger partial charge is 0.550 e. The molecule has 0 amide bonds. The first kappa shape index (κ1) is 43.6. The van der Waals surface area contributed by atoms with Crippen molar-refractivity contribution in [1.29, 1.82) is 0 Å². The molecule has 0 bridgehead atoms. The summed E-state index contributed by atoms with van der Waals surface area (Å²) >= 11 is 0. The van der Waals surface area contributed by atoms with E-state index in [9.17, 15) is 39.6 Å². The van der Waals surface area contributed by atoms with Crippen LogP contribution in [0.15, 0.2) is 121 Å². The van der Waals surface area contributed by atoms with Crippen LogP contribution < -0.4 is 52.3 Å². The summed E-state index contributed by atoms with van der Waals surface area (Å²) in [5, 5.41) is 51.7. The molecule has 0 spiro atoms. The standard InChI is InChI=1S/C24H20P.C10H16N2O8.Cr.2H2O/c1-5-13-21(14-6-1)25(22-15-7-2-8-16-22,23-17-9-3-10-18-23)24-19-11-4-12-20-24;13-7(14)3-5(9(17)18)11-1-2-12-6(10(19)20)4-8(15)16;;;/h1-20H;5-6,11-12H,1-4H2,(H,13,14)(H,15,16)(H,17,18)(H,19,20);;2*1H2/q+1;;+5;;/p-4/t;5-,6-;;;/m.0.../s1. The predicted molar refractivity (Wildman–Crippen MR) is 171 cm³/mol. The SMILES string of the molecule is O.O.O=C([O-])C[C@H](NCCN[C@@H](CC(=O)[O-])C(=O)[O-])C(=O)[O-].[Cr+5].c1ccc([P+](c2ccccc2)(c2ccccc2)c2ccccc2)cc1. The molecule has 4 aromatic rings. The summed E-state index contributed by atoms with van der Waals surface area (Å²) in [7, 11) is -1.91. The maximum atomic E-state index is 10.5. The van der Waals surface area contributed by atoms with Gasteiger partial charge in [-0.2, -0.15) is 0 Å². The van der Waals surface area contributed by atoms with Crippen molar-refractivity contribution in [3.8, 4) is 0 Å². The van der Waals surface area contributed by atoms with Crippen molar-refractivity contribution in [1.82, 2.24) is 10.6 Å². The maximum absolute atomic E-state index is 10.5. The Morgan fingerprint density at radius 3 is 0.896 bits per heavy atom. The third-order valence-electron chi connectivity index (χ3n) is 6.79. The number of hydrogen-bond acceptors (Lipinski definition) is 10. The summed E-state index contributed by atoms with van der Waals surface area (Å²) in [4.78, 5) is 41.6. The van der Waals surface area contributed by atoms with Crippen molar-refractivity contribution in [3.05, 3.63) is 121 Å². The van der Waals surface area contributed by atoms with Gasteiger partial charge in [-0.05, 0) is 48.5 Å². The monoisotopic (exact) mass is 715 g/mol. The molecule has 0 saturated carbocycles. The van der Waals surface area contributed by atoms with Gasteiger partial charge in [0.05, 0.1) is 24.0 Å². The van der Waals surface area contributed by atoms with Crippen LogP contribution in [0.4, 0.5) is 0 Å². The van der Waals surface area contributed by atoms with E-state index in [0.29, 0.717) is 0 Å². The fourth-order valence-corrected chi connectivity index (χ4v) is 9.07. The van der Waals surface area contributed by atoms with Gasteiger partial charge in [-0.3, -0.25) is 0 Å². The third kappa shape index (κ3) is 12.3. The van der Waals surface area contributed by atoms with Crippen LogP contribution in [0.25, 0.3) is 0 Å². The second-order valence-corrected chi connectivity index (χ2v) is 13.2. The fraction of sp³-hybridized carbons (Fsp3) is 0.176. The first-order chi connectivity index (χ1) is 21.7. The number of carboxylic acids is 4. The summed E-state index contributed by atoms with van der Waals surface area (Å²) in [6.07, 6.45) is -1.63. The van der Waals surface area contributed by atoms with Gasteiger partial charge in [-0.15, -0.1) is 0 Å².